The van der Waals surface area contributed by atoms with Gasteiger partial charge in [0.05, 0.1) is 17.2 Å². The molecule has 0 unspecified atom stereocenters. The van der Waals surface area contributed by atoms with E-state index in [9.17, 15) is 0 Å². The molecule has 0 amide bonds. The summed E-state index contributed by atoms with van der Waals surface area (Å²) in [5.74, 6) is 0. The lowest BCUT2D eigenvalue weighted by Gasteiger charge is -2.05. The van der Waals surface area contributed by atoms with Crippen molar-refractivity contribution in [2.24, 2.45) is 0 Å². The second-order valence-corrected chi connectivity index (χ2v) is 3.92. The molecule has 0 atom stereocenters. The number of pyridine rings is 3. The lowest BCUT2D eigenvalue weighted by atomic mass is 10.1. The zero-order valence-corrected chi connectivity index (χ0v) is 8.91. The van der Waals surface area contributed by atoms with Gasteiger partial charge in [0.2, 0.25) is 0 Å². The summed E-state index contributed by atoms with van der Waals surface area (Å²) in [6.07, 6.45) is 7.23. The van der Waals surface area contributed by atoms with E-state index >= 15 is 0 Å². The van der Waals surface area contributed by atoms with Crippen molar-refractivity contribution in [3.05, 3.63) is 49.2 Å². The van der Waals surface area contributed by atoms with Crippen molar-refractivity contribution in [1.29, 1.82) is 0 Å². The molecule has 0 bridgehead atoms. The molecule has 0 spiro atoms. The van der Waals surface area contributed by atoms with Crippen LogP contribution in [0.25, 0.3) is 27.5 Å². The lowest BCUT2D eigenvalue weighted by Crippen LogP contribution is -1.92. The number of fused-ring (bicyclic) bond motifs is 6. The quantitative estimate of drug-likeness (QED) is 0.427. The van der Waals surface area contributed by atoms with E-state index in [2.05, 4.69) is 21.0 Å². The second-order valence-electron chi connectivity index (χ2n) is 3.92. The first-order valence-corrected chi connectivity index (χ1v) is 5.38. The summed E-state index contributed by atoms with van der Waals surface area (Å²) in [6.45, 7) is 0. The van der Waals surface area contributed by atoms with Crippen molar-refractivity contribution >= 4 is 27.5 Å². The van der Waals surface area contributed by atoms with Gasteiger partial charge in [0.25, 0.3) is 0 Å². The molecule has 0 aliphatic carbocycles. The molecule has 4 aromatic heterocycles. The summed E-state index contributed by atoms with van der Waals surface area (Å²) in [4.78, 5) is 13.1. The molecular weight excluding hydrogens is 212 g/mol. The molecule has 0 aliphatic heterocycles. The summed E-state index contributed by atoms with van der Waals surface area (Å²) >= 11 is 0. The molecule has 0 aliphatic rings. The van der Waals surface area contributed by atoms with Gasteiger partial charge in [-0.15, -0.1) is 0 Å². The van der Waals surface area contributed by atoms with Crippen LogP contribution < -0.4 is 0 Å². The van der Waals surface area contributed by atoms with Gasteiger partial charge in [-0.3, -0.25) is 9.38 Å². The molecule has 0 saturated heterocycles. The summed E-state index contributed by atoms with van der Waals surface area (Å²) in [5, 5.41) is 2.15. The first kappa shape index (κ1) is 8.64. The molecule has 4 rings (SSSR count). The molecule has 4 nitrogen and oxygen atoms in total. The summed E-state index contributed by atoms with van der Waals surface area (Å²) in [7, 11) is 0. The topological polar surface area (TPSA) is 43.1 Å². The highest BCUT2D eigenvalue weighted by Crippen LogP contribution is 2.25. The van der Waals surface area contributed by atoms with E-state index in [-0.39, 0.29) is 0 Å². The van der Waals surface area contributed by atoms with Gasteiger partial charge < -0.3 is 0 Å². The van der Waals surface area contributed by atoms with Gasteiger partial charge in [-0.05, 0) is 24.3 Å². The Bertz CT molecular complexity index is 778. The van der Waals surface area contributed by atoms with Gasteiger partial charge in [-0.25, -0.2) is 9.97 Å². The zero-order valence-electron chi connectivity index (χ0n) is 8.91. The lowest BCUT2D eigenvalue weighted by molar-refractivity contribution is 1.17. The fraction of sp³-hybridized carbons (Fsp3) is 0. The standard InChI is InChI=1S/C13H8N4/c1-3-9-11-7-14-8-17(11)13-10(4-2-6-16-13)12(9)15-5-1/h1-8H. The zero-order chi connectivity index (χ0) is 11.2. The van der Waals surface area contributed by atoms with E-state index in [4.69, 9.17) is 0 Å². The minimum absolute atomic E-state index is 0.895. The van der Waals surface area contributed by atoms with Crippen LogP contribution in [0.5, 0.6) is 0 Å². The van der Waals surface area contributed by atoms with E-state index < -0.39 is 0 Å². The normalized spacial score (nSPS) is 11.5. The number of hydrogen-bond acceptors (Lipinski definition) is 3. The smallest absolute Gasteiger partial charge is 0.147 e. The van der Waals surface area contributed by atoms with Gasteiger partial charge in [0.1, 0.15) is 12.0 Å². The molecule has 0 aromatic carbocycles. The van der Waals surface area contributed by atoms with Gasteiger partial charge in [-0.1, -0.05) is 0 Å². The van der Waals surface area contributed by atoms with Crippen molar-refractivity contribution < 1.29 is 0 Å². The molecule has 80 valence electrons. The van der Waals surface area contributed by atoms with E-state index in [1.165, 1.54) is 0 Å². The maximum absolute atomic E-state index is 4.46. The number of nitrogens with zero attached hydrogens (tertiary/aromatic N) is 4. The van der Waals surface area contributed by atoms with Gasteiger partial charge >= 0.3 is 0 Å². The van der Waals surface area contributed by atoms with Gasteiger partial charge in [0, 0.05) is 23.2 Å². The first-order chi connectivity index (χ1) is 8.45. The average molecular weight is 220 g/mol. The monoisotopic (exact) mass is 220 g/mol. The predicted molar refractivity (Wildman–Crippen MR) is 65.8 cm³/mol. The fourth-order valence-corrected chi connectivity index (χ4v) is 2.26. The Balaban J connectivity index is 2.48. The van der Waals surface area contributed by atoms with E-state index in [1.54, 1.807) is 12.5 Å². The van der Waals surface area contributed by atoms with Crippen LogP contribution in [0.3, 0.4) is 0 Å². The van der Waals surface area contributed by atoms with Crippen LogP contribution in [0.1, 0.15) is 0 Å². The Morgan fingerprint density at radius 2 is 1.76 bits per heavy atom. The molecule has 4 heterocycles. The molecule has 17 heavy (non-hydrogen) atoms. The van der Waals surface area contributed by atoms with Crippen LogP contribution in [0.4, 0.5) is 0 Å². The minimum atomic E-state index is 0.895. The van der Waals surface area contributed by atoms with Crippen molar-refractivity contribution in [1.82, 2.24) is 19.4 Å². The van der Waals surface area contributed by atoms with Crippen LogP contribution in [0.15, 0.2) is 49.2 Å². The van der Waals surface area contributed by atoms with Crippen molar-refractivity contribution in [2.45, 2.75) is 0 Å². The molecule has 0 radical (unpaired) electrons. The van der Waals surface area contributed by atoms with Crippen LogP contribution >= 0.6 is 0 Å². The summed E-state index contributed by atoms with van der Waals surface area (Å²) in [6, 6.07) is 7.97. The largest absolute Gasteiger partial charge is 0.282 e. The van der Waals surface area contributed by atoms with Crippen molar-refractivity contribution in [2.75, 3.05) is 0 Å². The predicted octanol–water partition coefficient (Wildman–Crippen LogP) is 2.43. The van der Waals surface area contributed by atoms with Gasteiger partial charge in [-0.2, -0.15) is 0 Å². The van der Waals surface area contributed by atoms with Crippen LogP contribution in [0, 0.1) is 0 Å². The minimum Gasteiger partial charge on any atom is -0.282 e. The fourth-order valence-electron chi connectivity index (χ4n) is 2.26. The maximum atomic E-state index is 4.46. The van der Waals surface area contributed by atoms with Gasteiger partial charge in [0.15, 0.2) is 0 Å². The number of rotatable bonds is 0. The Morgan fingerprint density at radius 1 is 0.941 bits per heavy atom. The highest BCUT2D eigenvalue weighted by atomic mass is 15.0. The third-order valence-electron chi connectivity index (χ3n) is 2.99. The van der Waals surface area contributed by atoms with Crippen molar-refractivity contribution in [3.63, 3.8) is 0 Å². The molecule has 4 heteroatoms. The Labute approximate surface area is 96.6 Å². The number of aromatic nitrogens is 4. The Kier molecular flexibility index (Phi) is 1.53. The third-order valence-corrected chi connectivity index (χ3v) is 2.99. The maximum Gasteiger partial charge on any atom is 0.147 e. The SMILES string of the molecule is c1cnc2c(c1)c1cncn1c1ncccc21. The van der Waals surface area contributed by atoms with E-state index in [0.717, 1.165) is 27.5 Å². The van der Waals surface area contributed by atoms with E-state index in [1.807, 2.05) is 35.0 Å². The molecule has 0 fully saturated rings. The van der Waals surface area contributed by atoms with E-state index in [0.29, 0.717) is 0 Å². The summed E-state index contributed by atoms with van der Waals surface area (Å²) < 4.78 is 2.00. The molecule has 0 saturated carbocycles. The highest BCUT2D eigenvalue weighted by molar-refractivity contribution is 6.09. The van der Waals surface area contributed by atoms with Crippen molar-refractivity contribution in [3.8, 4) is 0 Å². The number of hydrogen-bond donors (Lipinski definition) is 0. The van der Waals surface area contributed by atoms with Crippen LogP contribution in [-0.4, -0.2) is 19.4 Å². The van der Waals surface area contributed by atoms with Crippen LogP contribution in [0.2, 0.25) is 0 Å². The Morgan fingerprint density at radius 3 is 2.71 bits per heavy atom. The third kappa shape index (κ3) is 1.04. The summed E-state index contributed by atoms with van der Waals surface area (Å²) in [5.41, 5.74) is 2.91. The molecule has 4 aromatic rings. The van der Waals surface area contributed by atoms with Crippen LogP contribution in [-0.2, 0) is 0 Å². The number of imidazole rings is 1. The average Bonchev–Trinajstić information content (AvgIpc) is 2.89. The molecular formula is C13H8N4. The Hall–Kier alpha value is -2.49. The second kappa shape index (κ2) is 3.01. The molecule has 0 N–H and O–H groups in total. The first-order valence-electron chi connectivity index (χ1n) is 5.38. The highest BCUT2D eigenvalue weighted by Gasteiger charge is 2.08.